The summed E-state index contributed by atoms with van der Waals surface area (Å²) in [6, 6.07) is 7.09. The van der Waals surface area contributed by atoms with Crippen molar-refractivity contribution in [3.8, 4) is 0 Å². The number of carbonyl (C=O) groups is 1. The Labute approximate surface area is 85.7 Å². The summed E-state index contributed by atoms with van der Waals surface area (Å²) in [7, 11) is 0. The fourth-order valence-electron chi connectivity index (χ4n) is 1.21. The van der Waals surface area contributed by atoms with E-state index in [-0.39, 0.29) is 6.10 Å². The Morgan fingerprint density at radius 1 is 1.36 bits per heavy atom. The molecule has 0 bridgehead atoms. The van der Waals surface area contributed by atoms with Crippen molar-refractivity contribution in [2.75, 3.05) is 6.61 Å². The number of hydroxylamine groups is 1. The van der Waals surface area contributed by atoms with Gasteiger partial charge in [0.05, 0.1) is 0 Å². The first kappa shape index (κ1) is 9.30. The van der Waals surface area contributed by atoms with Gasteiger partial charge in [0.15, 0.2) is 6.10 Å². The SMILES string of the molecule is O=C1NOCC(c2ccc(Cl)cc2)O1. The van der Waals surface area contributed by atoms with Crippen molar-refractivity contribution in [3.05, 3.63) is 34.9 Å². The minimum absolute atomic E-state index is 0.299. The number of cyclic esters (lactones) is 1. The Bertz CT molecular complexity index is 338. The lowest BCUT2D eigenvalue weighted by Crippen LogP contribution is -2.35. The fraction of sp³-hybridized carbons (Fsp3) is 0.222. The molecular weight excluding hydrogens is 206 g/mol. The molecular formula is C9H8ClNO3. The first-order valence-electron chi connectivity index (χ1n) is 4.09. The van der Waals surface area contributed by atoms with Gasteiger partial charge in [-0.15, -0.1) is 0 Å². The van der Waals surface area contributed by atoms with Crippen molar-refractivity contribution in [1.29, 1.82) is 0 Å². The van der Waals surface area contributed by atoms with Gasteiger partial charge >= 0.3 is 6.09 Å². The van der Waals surface area contributed by atoms with Gasteiger partial charge < -0.3 is 4.74 Å². The van der Waals surface area contributed by atoms with Crippen LogP contribution >= 0.6 is 11.6 Å². The first-order valence-corrected chi connectivity index (χ1v) is 4.47. The number of carbonyl (C=O) groups excluding carboxylic acids is 1. The maximum atomic E-state index is 10.8. The number of nitrogens with one attached hydrogen (secondary N) is 1. The van der Waals surface area contributed by atoms with Crippen molar-refractivity contribution < 1.29 is 14.4 Å². The molecule has 1 N–H and O–H groups in total. The van der Waals surface area contributed by atoms with E-state index in [0.29, 0.717) is 11.6 Å². The highest BCUT2D eigenvalue weighted by molar-refractivity contribution is 6.30. The lowest BCUT2D eigenvalue weighted by molar-refractivity contribution is -0.0744. The summed E-state index contributed by atoms with van der Waals surface area (Å²) in [6.45, 7) is 0.299. The molecule has 1 heterocycles. The number of halogens is 1. The van der Waals surface area contributed by atoms with E-state index in [0.717, 1.165) is 5.56 Å². The molecule has 0 spiro atoms. The van der Waals surface area contributed by atoms with Crippen LogP contribution in [0.1, 0.15) is 11.7 Å². The molecule has 1 aliphatic heterocycles. The summed E-state index contributed by atoms with van der Waals surface area (Å²) >= 11 is 5.73. The fourth-order valence-corrected chi connectivity index (χ4v) is 1.33. The zero-order valence-corrected chi connectivity index (χ0v) is 7.95. The van der Waals surface area contributed by atoms with Crippen molar-refractivity contribution in [2.45, 2.75) is 6.10 Å². The highest BCUT2D eigenvalue weighted by atomic mass is 35.5. The molecule has 0 radical (unpaired) electrons. The number of rotatable bonds is 1. The molecule has 0 saturated carbocycles. The normalized spacial score (nSPS) is 21.2. The van der Waals surface area contributed by atoms with Gasteiger partial charge in [0.1, 0.15) is 6.61 Å². The molecule has 1 aromatic carbocycles. The second-order valence-corrected chi connectivity index (χ2v) is 3.30. The van der Waals surface area contributed by atoms with E-state index >= 15 is 0 Å². The Kier molecular flexibility index (Phi) is 2.56. The van der Waals surface area contributed by atoms with Crippen LogP contribution in [0, 0.1) is 0 Å². The quantitative estimate of drug-likeness (QED) is 0.777. The molecule has 1 aromatic rings. The monoisotopic (exact) mass is 213 g/mol. The van der Waals surface area contributed by atoms with Crippen molar-refractivity contribution in [2.24, 2.45) is 0 Å². The van der Waals surface area contributed by atoms with Crippen LogP contribution in [0.3, 0.4) is 0 Å². The number of ether oxygens (including phenoxy) is 1. The van der Waals surface area contributed by atoms with E-state index in [4.69, 9.17) is 21.2 Å². The summed E-state index contributed by atoms with van der Waals surface area (Å²) in [6.07, 6.45) is -0.933. The molecule has 5 heteroatoms. The van der Waals surface area contributed by atoms with Gasteiger partial charge in [-0.2, -0.15) is 5.48 Å². The lowest BCUT2D eigenvalue weighted by Gasteiger charge is -2.22. The molecule has 1 atom stereocenters. The number of amides is 1. The third-order valence-corrected chi connectivity index (χ3v) is 2.13. The van der Waals surface area contributed by atoms with E-state index in [1.54, 1.807) is 24.3 Å². The van der Waals surface area contributed by atoms with Gasteiger partial charge in [0.25, 0.3) is 0 Å². The molecule has 74 valence electrons. The molecule has 0 aromatic heterocycles. The third kappa shape index (κ3) is 1.97. The van der Waals surface area contributed by atoms with Crippen molar-refractivity contribution in [3.63, 3.8) is 0 Å². The van der Waals surface area contributed by atoms with Crippen LogP contribution in [0.2, 0.25) is 5.02 Å². The summed E-state index contributed by atoms with van der Waals surface area (Å²) < 4.78 is 4.99. The van der Waals surface area contributed by atoms with Gasteiger partial charge in [-0.25, -0.2) is 4.79 Å². The molecule has 1 unspecified atom stereocenters. The van der Waals surface area contributed by atoms with Crippen LogP contribution in [0.4, 0.5) is 4.79 Å². The molecule has 1 saturated heterocycles. The van der Waals surface area contributed by atoms with E-state index in [2.05, 4.69) is 5.48 Å². The smallest absolute Gasteiger partial charge is 0.432 e. The third-order valence-electron chi connectivity index (χ3n) is 1.88. The van der Waals surface area contributed by atoms with Crippen molar-refractivity contribution >= 4 is 17.7 Å². The summed E-state index contributed by atoms with van der Waals surface area (Å²) in [5.41, 5.74) is 2.97. The Morgan fingerprint density at radius 3 is 2.71 bits per heavy atom. The molecule has 4 nitrogen and oxygen atoms in total. The molecule has 1 aliphatic rings. The van der Waals surface area contributed by atoms with Gasteiger partial charge in [-0.3, -0.25) is 4.84 Å². The molecule has 0 aliphatic carbocycles. The number of hydrogen-bond donors (Lipinski definition) is 1. The average Bonchev–Trinajstić information content (AvgIpc) is 2.19. The van der Waals surface area contributed by atoms with Crippen molar-refractivity contribution in [1.82, 2.24) is 5.48 Å². The maximum Gasteiger partial charge on any atom is 0.432 e. The highest BCUT2D eigenvalue weighted by Crippen LogP contribution is 2.21. The second kappa shape index (κ2) is 3.86. The van der Waals surface area contributed by atoms with Crippen LogP contribution in [-0.4, -0.2) is 12.7 Å². The second-order valence-electron chi connectivity index (χ2n) is 2.86. The molecule has 2 rings (SSSR count). The minimum atomic E-state index is -0.573. The average molecular weight is 214 g/mol. The van der Waals surface area contributed by atoms with E-state index in [1.807, 2.05) is 0 Å². The minimum Gasteiger partial charge on any atom is -0.437 e. The van der Waals surface area contributed by atoms with Gasteiger partial charge in [0.2, 0.25) is 0 Å². The van der Waals surface area contributed by atoms with Gasteiger partial charge in [-0.05, 0) is 17.7 Å². The zero-order chi connectivity index (χ0) is 9.97. The molecule has 1 fully saturated rings. The first-order chi connectivity index (χ1) is 6.75. The van der Waals surface area contributed by atoms with Crippen LogP contribution in [0.25, 0.3) is 0 Å². The summed E-state index contributed by atoms with van der Waals surface area (Å²) in [5.74, 6) is 0. The standard InChI is InChI=1S/C9H8ClNO3/c10-7-3-1-6(2-4-7)8-5-13-11-9(12)14-8/h1-4,8H,5H2,(H,11,12). The molecule has 14 heavy (non-hydrogen) atoms. The van der Waals surface area contributed by atoms with Gasteiger partial charge in [-0.1, -0.05) is 23.7 Å². The van der Waals surface area contributed by atoms with E-state index < -0.39 is 6.09 Å². The lowest BCUT2D eigenvalue weighted by atomic mass is 10.1. The Balaban J connectivity index is 2.14. The largest absolute Gasteiger partial charge is 0.437 e. The van der Waals surface area contributed by atoms with E-state index in [9.17, 15) is 4.79 Å². The van der Waals surface area contributed by atoms with Crippen LogP contribution < -0.4 is 5.48 Å². The van der Waals surface area contributed by atoms with Crippen LogP contribution in [-0.2, 0) is 9.57 Å². The Hall–Kier alpha value is -1.26. The predicted molar refractivity (Wildman–Crippen MR) is 49.8 cm³/mol. The van der Waals surface area contributed by atoms with Crippen LogP contribution in [0.5, 0.6) is 0 Å². The number of hydrogen-bond acceptors (Lipinski definition) is 3. The zero-order valence-electron chi connectivity index (χ0n) is 7.20. The summed E-state index contributed by atoms with van der Waals surface area (Å²) in [4.78, 5) is 15.7. The molecule has 1 amide bonds. The van der Waals surface area contributed by atoms with E-state index in [1.165, 1.54) is 0 Å². The number of benzene rings is 1. The Morgan fingerprint density at radius 2 is 2.07 bits per heavy atom. The van der Waals surface area contributed by atoms with Crippen LogP contribution in [0.15, 0.2) is 24.3 Å². The summed E-state index contributed by atoms with van der Waals surface area (Å²) in [5, 5.41) is 0.648. The highest BCUT2D eigenvalue weighted by Gasteiger charge is 2.22. The maximum absolute atomic E-state index is 10.8. The topological polar surface area (TPSA) is 47.6 Å². The van der Waals surface area contributed by atoms with Gasteiger partial charge in [0, 0.05) is 5.02 Å². The predicted octanol–water partition coefficient (Wildman–Crippen LogP) is 2.05.